The summed E-state index contributed by atoms with van der Waals surface area (Å²) in [5, 5.41) is 12.1. The summed E-state index contributed by atoms with van der Waals surface area (Å²) < 4.78 is 0. The number of hydrogen-bond donors (Lipinski definition) is 1. The number of likely N-dealkylation sites (N-methyl/N-ethyl adjacent to an activating group) is 1. The van der Waals surface area contributed by atoms with Gasteiger partial charge in [-0.25, -0.2) is 0 Å². The van der Waals surface area contributed by atoms with Crippen LogP contribution in [0.1, 0.15) is 16.8 Å². The van der Waals surface area contributed by atoms with Crippen molar-refractivity contribution in [1.29, 1.82) is 0 Å². The normalized spacial score (nSPS) is 16.9. The van der Waals surface area contributed by atoms with Gasteiger partial charge in [0.25, 0.3) is 5.91 Å². The Hall–Kier alpha value is -2.07. The van der Waals surface area contributed by atoms with E-state index in [-0.39, 0.29) is 11.7 Å². The molecule has 0 radical (unpaired) electrons. The van der Waals surface area contributed by atoms with Gasteiger partial charge in [-0.2, -0.15) is 0 Å². The maximum Gasteiger partial charge on any atom is 0.257 e. The van der Waals surface area contributed by atoms with Crippen molar-refractivity contribution in [3.05, 3.63) is 42.0 Å². The molecule has 4 heteroatoms. The van der Waals surface area contributed by atoms with Crippen molar-refractivity contribution >= 4 is 16.7 Å². The third kappa shape index (κ3) is 2.85. The highest BCUT2D eigenvalue weighted by Gasteiger charge is 2.21. The standard InChI is InChI=1S/C17H20N2O2/c1-18-7-4-8-19(10-9-18)17(21)15-11-13-5-2-3-6-14(13)12-16(15)20/h2-3,5-6,11-12,20H,4,7-10H2,1H3. The monoisotopic (exact) mass is 284 g/mol. The summed E-state index contributed by atoms with van der Waals surface area (Å²) in [6.45, 7) is 3.34. The SMILES string of the molecule is CN1CCCN(C(=O)c2cc3ccccc3cc2O)CC1. The van der Waals surface area contributed by atoms with E-state index in [1.165, 1.54) is 0 Å². The van der Waals surface area contributed by atoms with Crippen LogP contribution in [0.5, 0.6) is 5.75 Å². The van der Waals surface area contributed by atoms with Gasteiger partial charge in [0.1, 0.15) is 5.75 Å². The Bertz CT molecular complexity index is 669. The number of carbonyl (C=O) groups is 1. The van der Waals surface area contributed by atoms with E-state index in [0.717, 1.165) is 36.8 Å². The van der Waals surface area contributed by atoms with Crippen LogP contribution in [0.3, 0.4) is 0 Å². The van der Waals surface area contributed by atoms with Crippen LogP contribution in [0.25, 0.3) is 10.8 Å². The van der Waals surface area contributed by atoms with E-state index in [1.807, 2.05) is 29.2 Å². The second-order valence-electron chi connectivity index (χ2n) is 5.67. The van der Waals surface area contributed by atoms with Crippen LogP contribution in [-0.4, -0.2) is 54.0 Å². The van der Waals surface area contributed by atoms with Crippen molar-refractivity contribution in [3.8, 4) is 5.75 Å². The average molecular weight is 284 g/mol. The van der Waals surface area contributed by atoms with Gasteiger partial charge in [-0.3, -0.25) is 4.79 Å². The van der Waals surface area contributed by atoms with Crippen LogP contribution in [0, 0.1) is 0 Å². The van der Waals surface area contributed by atoms with Crippen molar-refractivity contribution in [2.45, 2.75) is 6.42 Å². The fourth-order valence-electron chi connectivity index (χ4n) is 2.82. The molecule has 0 saturated carbocycles. The Labute approximate surface area is 124 Å². The number of fused-ring (bicyclic) bond motifs is 1. The summed E-state index contributed by atoms with van der Waals surface area (Å²) in [7, 11) is 2.07. The van der Waals surface area contributed by atoms with Gasteiger partial charge < -0.3 is 14.9 Å². The number of aromatic hydroxyl groups is 1. The Morgan fingerprint density at radius 2 is 1.76 bits per heavy atom. The van der Waals surface area contributed by atoms with E-state index in [4.69, 9.17) is 0 Å². The summed E-state index contributed by atoms with van der Waals surface area (Å²) in [5.74, 6) is -0.00939. The number of phenols is 1. The first-order valence-corrected chi connectivity index (χ1v) is 7.35. The van der Waals surface area contributed by atoms with E-state index in [0.29, 0.717) is 12.1 Å². The molecule has 0 bridgehead atoms. The van der Waals surface area contributed by atoms with Crippen LogP contribution in [0.2, 0.25) is 0 Å². The molecule has 110 valence electrons. The van der Waals surface area contributed by atoms with E-state index in [1.54, 1.807) is 12.1 Å². The summed E-state index contributed by atoms with van der Waals surface area (Å²) in [6.07, 6.45) is 0.969. The molecule has 0 aliphatic carbocycles. The molecular formula is C17H20N2O2. The largest absolute Gasteiger partial charge is 0.507 e. The number of carbonyl (C=O) groups excluding carboxylic acids is 1. The highest BCUT2D eigenvalue weighted by atomic mass is 16.3. The minimum Gasteiger partial charge on any atom is -0.507 e. The van der Waals surface area contributed by atoms with Gasteiger partial charge in [0.05, 0.1) is 5.56 Å². The van der Waals surface area contributed by atoms with E-state index in [9.17, 15) is 9.90 Å². The van der Waals surface area contributed by atoms with Gasteiger partial charge in [0.2, 0.25) is 0 Å². The van der Waals surface area contributed by atoms with Gasteiger partial charge in [-0.05, 0) is 42.9 Å². The third-order valence-electron chi connectivity index (χ3n) is 4.10. The van der Waals surface area contributed by atoms with Gasteiger partial charge in [0, 0.05) is 19.6 Å². The maximum absolute atomic E-state index is 12.7. The molecule has 4 nitrogen and oxygen atoms in total. The molecule has 1 amide bonds. The second-order valence-corrected chi connectivity index (χ2v) is 5.67. The number of amides is 1. The van der Waals surface area contributed by atoms with Gasteiger partial charge in [0.15, 0.2) is 0 Å². The van der Waals surface area contributed by atoms with Crippen LogP contribution < -0.4 is 0 Å². The zero-order valence-electron chi connectivity index (χ0n) is 12.2. The zero-order valence-corrected chi connectivity index (χ0v) is 12.2. The molecule has 1 heterocycles. The Balaban J connectivity index is 1.91. The molecule has 1 N–H and O–H groups in total. The van der Waals surface area contributed by atoms with Crippen molar-refractivity contribution in [2.75, 3.05) is 33.2 Å². The van der Waals surface area contributed by atoms with Crippen molar-refractivity contribution in [2.24, 2.45) is 0 Å². The summed E-state index contributed by atoms with van der Waals surface area (Å²) in [6, 6.07) is 11.2. The van der Waals surface area contributed by atoms with Crippen LogP contribution in [0.15, 0.2) is 36.4 Å². The van der Waals surface area contributed by atoms with E-state index < -0.39 is 0 Å². The summed E-state index contributed by atoms with van der Waals surface area (Å²) in [4.78, 5) is 16.7. The minimum atomic E-state index is -0.0754. The maximum atomic E-state index is 12.7. The first-order valence-electron chi connectivity index (χ1n) is 7.35. The second kappa shape index (κ2) is 5.74. The molecule has 1 fully saturated rings. The fraction of sp³-hybridized carbons (Fsp3) is 0.353. The smallest absolute Gasteiger partial charge is 0.257 e. The van der Waals surface area contributed by atoms with Gasteiger partial charge in [-0.1, -0.05) is 24.3 Å². The molecule has 21 heavy (non-hydrogen) atoms. The van der Waals surface area contributed by atoms with Crippen molar-refractivity contribution in [1.82, 2.24) is 9.80 Å². The first kappa shape index (κ1) is 13.9. The molecule has 0 aromatic heterocycles. The molecule has 2 aromatic carbocycles. The lowest BCUT2D eigenvalue weighted by molar-refractivity contribution is 0.0760. The number of phenolic OH excluding ortho intramolecular Hbond substituents is 1. The molecule has 0 atom stereocenters. The third-order valence-corrected chi connectivity index (χ3v) is 4.10. The molecule has 1 aliphatic heterocycles. The number of hydrogen-bond acceptors (Lipinski definition) is 3. The summed E-state index contributed by atoms with van der Waals surface area (Å²) in [5.41, 5.74) is 0.401. The lowest BCUT2D eigenvalue weighted by Gasteiger charge is -2.21. The predicted octanol–water partition coefficient (Wildman–Crippen LogP) is 2.32. The Kier molecular flexibility index (Phi) is 3.80. The molecule has 1 saturated heterocycles. The number of benzene rings is 2. The highest BCUT2D eigenvalue weighted by Crippen LogP contribution is 2.26. The average Bonchev–Trinajstić information content (AvgIpc) is 2.70. The fourth-order valence-corrected chi connectivity index (χ4v) is 2.82. The molecular weight excluding hydrogens is 264 g/mol. The molecule has 3 rings (SSSR count). The zero-order chi connectivity index (χ0) is 14.8. The van der Waals surface area contributed by atoms with Crippen LogP contribution in [0.4, 0.5) is 0 Å². The lowest BCUT2D eigenvalue weighted by atomic mass is 10.0. The Morgan fingerprint density at radius 1 is 1.05 bits per heavy atom. The quantitative estimate of drug-likeness (QED) is 0.874. The van der Waals surface area contributed by atoms with E-state index in [2.05, 4.69) is 11.9 Å². The summed E-state index contributed by atoms with van der Waals surface area (Å²) >= 11 is 0. The first-order chi connectivity index (χ1) is 10.1. The highest BCUT2D eigenvalue weighted by molar-refractivity contribution is 6.01. The predicted molar refractivity (Wildman–Crippen MR) is 83.6 cm³/mol. The van der Waals surface area contributed by atoms with Crippen molar-refractivity contribution < 1.29 is 9.90 Å². The lowest BCUT2D eigenvalue weighted by Crippen LogP contribution is -2.34. The molecule has 2 aromatic rings. The minimum absolute atomic E-state index is 0.0660. The molecule has 0 unspecified atom stereocenters. The molecule has 1 aliphatic rings. The molecule has 0 spiro atoms. The topological polar surface area (TPSA) is 43.8 Å². The number of rotatable bonds is 1. The number of nitrogens with zero attached hydrogens (tertiary/aromatic N) is 2. The van der Waals surface area contributed by atoms with Crippen LogP contribution >= 0.6 is 0 Å². The van der Waals surface area contributed by atoms with Crippen LogP contribution in [-0.2, 0) is 0 Å². The Morgan fingerprint density at radius 3 is 2.52 bits per heavy atom. The van der Waals surface area contributed by atoms with Gasteiger partial charge in [-0.15, -0.1) is 0 Å². The van der Waals surface area contributed by atoms with E-state index >= 15 is 0 Å². The van der Waals surface area contributed by atoms with Crippen molar-refractivity contribution in [3.63, 3.8) is 0 Å². The van der Waals surface area contributed by atoms with Gasteiger partial charge >= 0.3 is 0 Å².